The van der Waals surface area contributed by atoms with E-state index in [4.69, 9.17) is 11.5 Å². The number of rotatable bonds is 4. The number of nitrogens with zero attached hydrogens (tertiary/aromatic N) is 2. The quantitative estimate of drug-likeness (QED) is 0.670. The van der Waals surface area contributed by atoms with Crippen LogP contribution < -0.4 is 21.3 Å². The summed E-state index contributed by atoms with van der Waals surface area (Å²) in [5.74, 6) is -1.27. The Morgan fingerprint density at radius 1 is 0.714 bits per heavy atom. The minimum absolute atomic E-state index is 0.166. The number of carbonyl (C=O) groups is 4. The van der Waals surface area contributed by atoms with Crippen molar-refractivity contribution in [3.63, 3.8) is 0 Å². The highest BCUT2D eigenvalue weighted by molar-refractivity contribution is 6.29. The Balaban J connectivity index is 2.05. The summed E-state index contributed by atoms with van der Waals surface area (Å²) in [6.45, 7) is -0.331. The zero-order valence-electron chi connectivity index (χ0n) is 15.6. The first-order valence-electron chi connectivity index (χ1n) is 8.61. The van der Waals surface area contributed by atoms with Crippen LogP contribution >= 0.6 is 0 Å². The van der Waals surface area contributed by atoms with E-state index in [2.05, 4.69) is 0 Å². The van der Waals surface area contributed by atoms with Crippen molar-refractivity contribution in [3.8, 4) is 0 Å². The molecule has 3 rings (SSSR count). The van der Waals surface area contributed by atoms with E-state index in [-0.39, 0.29) is 58.7 Å². The Morgan fingerprint density at radius 3 is 1.39 bits per heavy atom. The van der Waals surface area contributed by atoms with Crippen molar-refractivity contribution in [2.24, 2.45) is 11.5 Å². The van der Waals surface area contributed by atoms with Crippen molar-refractivity contribution in [2.75, 3.05) is 37.0 Å². The first-order valence-corrected chi connectivity index (χ1v) is 8.61. The molecular formula is C20H20N4O4. The summed E-state index contributed by atoms with van der Waals surface area (Å²) in [5, 5.41) is 0. The zero-order valence-corrected chi connectivity index (χ0v) is 15.6. The fourth-order valence-corrected chi connectivity index (χ4v) is 3.11. The van der Waals surface area contributed by atoms with E-state index in [0.29, 0.717) is 11.4 Å². The molecule has 0 fully saturated rings. The Morgan fingerprint density at radius 2 is 1.07 bits per heavy atom. The van der Waals surface area contributed by atoms with E-state index < -0.39 is 0 Å². The Bertz CT molecular complexity index is 934. The third-order valence-corrected chi connectivity index (χ3v) is 4.86. The minimum Gasteiger partial charge on any atom is -0.322 e. The van der Waals surface area contributed by atoms with Gasteiger partial charge >= 0.3 is 0 Å². The molecule has 4 N–H and O–H groups in total. The molecule has 144 valence electrons. The second kappa shape index (κ2) is 7.34. The van der Waals surface area contributed by atoms with E-state index in [0.717, 1.165) is 0 Å². The van der Waals surface area contributed by atoms with Gasteiger partial charge in [-0.1, -0.05) is 0 Å². The Labute approximate surface area is 161 Å². The molecule has 1 aliphatic carbocycles. The average Bonchev–Trinajstić information content (AvgIpc) is 2.74. The van der Waals surface area contributed by atoms with Crippen LogP contribution in [0.15, 0.2) is 36.4 Å². The minimum atomic E-state index is -0.320. The largest absolute Gasteiger partial charge is 0.322 e. The van der Waals surface area contributed by atoms with Crippen molar-refractivity contribution >= 4 is 34.8 Å². The highest BCUT2D eigenvalue weighted by atomic mass is 16.2. The van der Waals surface area contributed by atoms with Gasteiger partial charge in [0.2, 0.25) is 11.8 Å². The van der Waals surface area contributed by atoms with Crippen molar-refractivity contribution in [1.82, 2.24) is 0 Å². The molecule has 0 bridgehead atoms. The molecule has 8 nitrogen and oxygen atoms in total. The van der Waals surface area contributed by atoms with Crippen LogP contribution in [0.2, 0.25) is 0 Å². The number of amides is 2. The van der Waals surface area contributed by atoms with E-state index in [9.17, 15) is 19.2 Å². The number of nitrogens with two attached hydrogens (primary N) is 2. The highest BCUT2D eigenvalue weighted by Gasteiger charge is 2.31. The molecule has 0 radical (unpaired) electrons. The van der Waals surface area contributed by atoms with E-state index >= 15 is 0 Å². The highest BCUT2D eigenvalue weighted by Crippen LogP contribution is 2.32. The third kappa shape index (κ3) is 3.08. The number of carbonyl (C=O) groups excluding carboxylic acids is 4. The lowest BCUT2D eigenvalue weighted by atomic mass is 9.83. The van der Waals surface area contributed by atoms with Gasteiger partial charge in [-0.3, -0.25) is 19.2 Å². The number of benzene rings is 2. The van der Waals surface area contributed by atoms with Crippen molar-refractivity contribution < 1.29 is 19.2 Å². The van der Waals surface area contributed by atoms with E-state index in [1.165, 1.54) is 34.1 Å². The molecular weight excluding hydrogens is 360 g/mol. The molecule has 0 heterocycles. The average molecular weight is 380 g/mol. The zero-order chi connectivity index (χ0) is 20.6. The van der Waals surface area contributed by atoms with Crippen LogP contribution in [-0.4, -0.2) is 50.6 Å². The number of hydrogen-bond acceptors (Lipinski definition) is 6. The number of ketones is 2. The summed E-state index contributed by atoms with van der Waals surface area (Å²) < 4.78 is 0. The summed E-state index contributed by atoms with van der Waals surface area (Å²) in [4.78, 5) is 52.2. The van der Waals surface area contributed by atoms with E-state index in [1.54, 1.807) is 26.2 Å². The Kier molecular flexibility index (Phi) is 5.08. The van der Waals surface area contributed by atoms with Gasteiger partial charge in [0.15, 0.2) is 11.6 Å². The SMILES string of the molecule is CN(C(=O)CN)c1ccc2c(c1)C(=O)c1ccc(N(C)C(=O)CN)cc1C2=O. The van der Waals surface area contributed by atoms with Crippen LogP contribution in [0.5, 0.6) is 0 Å². The molecule has 0 aliphatic heterocycles. The second-order valence-corrected chi connectivity index (χ2v) is 6.43. The molecule has 0 saturated carbocycles. The predicted octanol–water partition coefficient (Wildman–Crippen LogP) is 0.305. The maximum absolute atomic E-state index is 13.0. The van der Waals surface area contributed by atoms with Gasteiger partial charge in [0.1, 0.15) is 0 Å². The van der Waals surface area contributed by atoms with E-state index in [1.807, 2.05) is 0 Å². The summed E-state index contributed by atoms with van der Waals surface area (Å²) in [7, 11) is 3.10. The maximum Gasteiger partial charge on any atom is 0.240 e. The summed E-state index contributed by atoms with van der Waals surface area (Å²) in [5.41, 5.74) is 12.7. The molecule has 0 spiro atoms. The van der Waals surface area contributed by atoms with Gasteiger partial charge in [0.05, 0.1) is 13.1 Å². The molecule has 8 heteroatoms. The van der Waals surface area contributed by atoms with Crippen molar-refractivity contribution in [3.05, 3.63) is 58.7 Å². The van der Waals surface area contributed by atoms with Crippen LogP contribution in [0, 0.1) is 0 Å². The molecule has 0 aromatic heterocycles. The lowest BCUT2D eigenvalue weighted by Gasteiger charge is -2.23. The van der Waals surface area contributed by atoms with Crippen molar-refractivity contribution in [2.45, 2.75) is 0 Å². The van der Waals surface area contributed by atoms with Crippen LogP contribution in [0.4, 0.5) is 11.4 Å². The fourth-order valence-electron chi connectivity index (χ4n) is 3.11. The van der Waals surface area contributed by atoms with Gasteiger partial charge in [0.25, 0.3) is 0 Å². The molecule has 0 saturated heterocycles. The second-order valence-electron chi connectivity index (χ2n) is 6.43. The molecule has 28 heavy (non-hydrogen) atoms. The normalized spacial score (nSPS) is 12.3. The number of likely N-dealkylation sites (N-methyl/N-ethyl adjacent to an activating group) is 2. The van der Waals surface area contributed by atoms with Gasteiger partial charge < -0.3 is 21.3 Å². The standard InChI is InChI=1S/C20H20N4O4/c1-23(17(25)9-21)11-3-5-13-15(7-11)19(27)14-6-4-12(8-16(14)20(13)28)24(2)18(26)10-22/h3-8H,9-10,21-22H2,1-2H3. The van der Waals surface area contributed by atoms with Crippen molar-refractivity contribution in [1.29, 1.82) is 0 Å². The van der Waals surface area contributed by atoms with Crippen LogP contribution in [0.1, 0.15) is 31.8 Å². The molecule has 0 unspecified atom stereocenters. The third-order valence-electron chi connectivity index (χ3n) is 4.86. The lowest BCUT2D eigenvalue weighted by Crippen LogP contribution is -2.33. The van der Waals surface area contributed by atoms with Gasteiger partial charge in [-0.15, -0.1) is 0 Å². The van der Waals surface area contributed by atoms with Gasteiger partial charge in [-0.25, -0.2) is 0 Å². The number of hydrogen-bond donors (Lipinski definition) is 2. The molecule has 2 aromatic carbocycles. The van der Waals surface area contributed by atoms with Crippen LogP contribution in [0.25, 0.3) is 0 Å². The van der Waals surface area contributed by atoms with Gasteiger partial charge in [-0.2, -0.15) is 0 Å². The molecule has 2 amide bonds. The van der Waals surface area contributed by atoms with Gasteiger partial charge in [-0.05, 0) is 36.4 Å². The Hall–Kier alpha value is -3.36. The topological polar surface area (TPSA) is 127 Å². The lowest BCUT2D eigenvalue weighted by molar-refractivity contribution is -0.117. The summed E-state index contributed by atoms with van der Waals surface area (Å²) >= 11 is 0. The summed E-state index contributed by atoms with van der Waals surface area (Å²) in [6, 6.07) is 9.27. The smallest absolute Gasteiger partial charge is 0.240 e. The molecule has 2 aromatic rings. The predicted molar refractivity (Wildman–Crippen MR) is 105 cm³/mol. The maximum atomic E-state index is 13.0. The number of fused-ring (bicyclic) bond motifs is 2. The first kappa shape index (κ1) is 19.4. The first-order chi connectivity index (χ1) is 13.3. The van der Waals surface area contributed by atoms with Crippen LogP contribution in [-0.2, 0) is 9.59 Å². The number of anilines is 2. The molecule has 1 aliphatic rings. The molecule has 0 atom stereocenters. The summed E-state index contributed by atoms with van der Waals surface area (Å²) in [6.07, 6.45) is 0. The van der Waals surface area contributed by atoms with Gasteiger partial charge in [0, 0.05) is 47.7 Å². The van der Waals surface area contributed by atoms with Crippen LogP contribution in [0.3, 0.4) is 0 Å². The fraction of sp³-hybridized carbons (Fsp3) is 0.200. The monoisotopic (exact) mass is 380 g/mol.